The summed E-state index contributed by atoms with van der Waals surface area (Å²) in [5.41, 5.74) is -0.940. The van der Waals surface area contributed by atoms with E-state index >= 15 is 0 Å². The highest BCUT2D eigenvalue weighted by Crippen LogP contribution is 2.47. The van der Waals surface area contributed by atoms with Crippen LogP contribution in [0.25, 0.3) is 0 Å². The van der Waals surface area contributed by atoms with Gasteiger partial charge in [-0.15, -0.1) is 0 Å². The lowest BCUT2D eigenvalue weighted by atomic mass is 9.63. The van der Waals surface area contributed by atoms with E-state index in [2.05, 4.69) is 19.2 Å². The second-order valence-corrected chi connectivity index (χ2v) is 7.02. The lowest BCUT2D eigenvalue weighted by Crippen LogP contribution is -2.74. The van der Waals surface area contributed by atoms with Crippen molar-refractivity contribution in [1.29, 1.82) is 0 Å². The minimum absolute atomic E-state index is 0.00220. The number of ether oxygens (including phenoxy) is 1. The van der Waals surface area contributed by atoms with E-state index < -0.39 is 11.6 Å². The molecule has 0 aromatic rings. The number of hydrogen-bond donors (Lipinski definition) is 1. The standard InChI is InChI=1S/C15H26N2O3/c1-7-20-11-8-10(14(11,3)4)17-9(2)12(18)16-15(5,6)13(17)19/h9-11H,7-8H2,1-6H3,(H,16,18). The van der Waals surface area contributed by atoms with Crippen LogP contribution in [0.15, 0.2) is 0 Å². The molecule has 20 heavy (non-hydrogen) atoms. The average Bonchev–Trinajstić information content (AvgIpc) is 2.34. The third-order valence-electron chi connectivity index (χ3n) is 4.83. The zero-order valence-corrected chi connectivity index (χ0v) is 13.3. The maximum atomic E-state index is 12.7. The van der Waals surface area contributed by atoms with Gasteiger partial charge >= 0.3 is 0 Å². The lowest BCUT2D eigenvalue weighted by Gasteiger charge is -2.59. The third kappa shape index (κ3) is 2.12. The molecular weight excluding hydrogens is 256 g/mol. The van der Waals surface area contributed by atoms with Gasteiger partial charge in [-0.05, 0) is 34.1 Å². The second kappa shape index (κ2) is 4.72. The first kappa shape index (κ1) is 15.3. The van der Waals surface area contributed by atoms with E-state index in [1.54, 1.807) is 25.7 Å². The summed E-state index contributed by atoms with van der Waals surface area (Å²) >= 11 is 0. The molecule has 0 radical (unpaired) electrons. The molecule has 114 valence electrons. The molecule has 0 aromatic heterocycles. The van der Waals surface area contributed by atoms with Gasteiger partial charge in [-0.2, -0.15) is 0 Å². The molecule has 3 unspecified atom stereocenters. The first-order chi connectivity index (χ1) is 9.13. The number of hydrogen-bond acceptors (Lipinski definition) is 3. The number of carbonyl (C=O) groups excluding carboxylic acids is 2. The highest BCUT2D eigenvalue weighted by Gasteiger charge is 2.57. The van der Waals surface area contributed by atoms with Gasteiger partial charge in [0.1, 0.15) is 11.6 Å². The Morgan fingerprint density at radius 1 is 1.30 bits per heavy atom. The Kier molecular flexibility index (Phi) is 3.61. The van der Waals surface area contributed by atoms with Crippen molar-refractivity contribution >= 4 is 11.8 Å². The molecular formula is C15H26N2O3. The highest BCUT2D eigenvalue weighted by atomic mass is 16.5. The van der Waals surface area contributed by atoms with Gasteiger partial charge in [0.25, 0.3) is 0 Å². The summed E-state index contributed by atoms with van der Waals surface area (Å²) in [6, 6.07) is -0.353. The summed E-state index contributed by atoms with van der Waals surface area (Å²) in [7, 11) is 0. The molecule has 1 saturated heterocycles. The molecule has 1 aliphatic heterocycles. The Hall–Kier alpha value is -1.10. The molecule has 1 heterocycles. The van der Waals surface area contributed by atoms with Crippen LogP contribution in [0.4, 0.5) is 0 Å². The molecule has 2 fully saturated rings. The quantitative estimate of drug-likeness (QED) is 0.849. The van der Waals surface area contributed by atoms with E-state index in [-0.39, 0.29) is 29.4 Å². The van der Waals surface area contributed by atoms with Crippen LogP contribution in [0.1, 0.15) is 48.0 Å². The minimum atomic E-state index is -0.823. The highest BCUT2D eigenvalue weighted by molar-refractivity contribution is 5.99. The predicted octanol–water partition coefficient (Wildman–Crippen LogP) is 1.32. The van der Waals surface area contributed by atoms with Gasteiger partial charge < -0.3 is 15.0 Å². The summed E-state index contributed by atoms with van der Waals surface area (Å²) < 4.78 is 5.72. The van der Waals surface area contributed by atoms with E-state index in [0.717, 1.165) is 6.42 Å². The van der Waals surface area contributed by atoms with E-state index in [1.807, 2.05) is 6.92 Å². The van der Waals surface area contributed by atoms with Crippen molar-refractivity contribution in [2.45, 2.75) is 71.7 Å². The Bertz CT molecular complexity index is 431. The van der Waals surface area contributed by atoms with Crippen LogP contribution in [0.2, 0.25) is 0 Å². The normalized spacial score (nSPS) is 35.5. The molecule has 2 rings (SSSR count). The smallest absolute Gasteiger partial charge is 0.248 e. The van der Waals surface area contributed by atoms with Gasteiger partial charge in [0.15, 0.2) is 0 Å². The van der Waals surface area contributed by atoms with Gasteiger partial charge in [0.2, 0.25) is 11.8 Å². The lowest BCUT2D eigenvalue weighted by molar-refractivity contribution is -0.184. The van der Waals surface area contributed by atoms with Crippen molar-refractivity contribution in [3.05, 3.63) is 0 Å². The predicted molar refractivity (Wildman–Crippen MR) is 76.1 cm³/mol. The Balaban J connectivity index is 2.23. The summed E-state index contributed by atoms with van der Waals surface area (Å²) in [4.78, 5) is 26.5. The van der Waals surface area contributed by atoms with Gasteiger partial charge in [0.05, 0.1) is 6.10 Å². The average molecular weight is 282 g/mol. The SMILES string of the molecule is CCOC1CC(N2C(=O)C(C)(C)NC(=O)C2C)C1(C)C. The largest absolute Gasteiger partial charge is 0.378 e. The summed E-state index contributed by atoms with van der Waals surface area (Å²) in [6.07, 6.45) is 0.964. The van der Waals surface area contributed by atoms with Crippen LogP contribution >= 0.6 is 0 Å². The molecule has 1 aliphatic carbocycles. The number of nitrogens with one attached hydrogen (secondary N) is 1. The maximum Gasteiger partial charge on any atom is 0.248 e. The topological polar surface area (TPSA) is 58.6 Å². The van der Waals surface area contributed by atoms with Gasteiger partial charge in [0, 0.05) is 18.1 Å². The van der Waals surface area contributed by atoms with Crippen molar-refractivity contribution in [3.8, 4) is 0 Å². The molecule has 3 atom stereocenters. The minimum Gasteiger partial charge on any atom is -0.378 e. The van der Waals surface area contributed by atoms with Crippen LogP contribution in [0.5, 0.6) is 0 Å². The molecule has 5 heteroatoms. The number of piperazine rings is 1. The number of carbonyl (C=O) groups is 2. The number of rotatable bonds is 3. The molecule has 2 aliphatic rings. The molecule has 5 nitrogen and oxygen atoms in total. The first-order valence-corrected chi connectivity index (χ1v) is 7.39. The zero-order valence-electron chi connectivity index (χ0n) is 13.3. The molecule has 1 N–H and O–H groups in total. The van der Waals surface area contributed by atoms with Crippen LogP contribution in [-0.4, -0.2) is 47.0 Å². The third-order valence-corrected chi connectivity index (χ3v) is 4.83. The maximum absolute atomic E-state index is 12.7. The van der Waals surface area contributed by atoms with Crippen LogP contribution in [0.3, 0.4) is 0 Å². The van der Waals surface area contributed by atoms with E-state index in [1.165, 1.54) is 0 Å². The van der Waals surface area contributed by atoms with Crippen LogP contribution < -0.4 is 5.32 Å². The second-order valence-electron chi connectivity index (χ2n) is 7.02. The van der Waals surface area contributed by atoms with Crippen LogP contribution in [0, 0.1) is 5.41 Å². The summed E-state index contributed by atoms with van der Waals surface area (Å²) in [6.45, 7) is 12.2. The summed E-state index contributed by atoms with van der Waals surface area (Å²) in [5.74, 6) is -0.0807. The molecule has 2 amide bonds. The monoisotopic (exact) mass is 282 g/mol. The Morgan fingerprint density at radius 3 is 2.40 bits per heavy atom. The van der Waals surface area contributed by atoms with E-state index in [4.69, 9.17) is 4.74 Å². The van der Waals surface area contributed by atoms with Crippen molar-refractivity contribution in [2.24, 2.45) is 5.41 Å². The van der Waals surface area contributed by atoms with Gasteiger partial charge in [-0.25, -0.2) is 0 Å². The molecule has 0 bridgehead atoms. The molecule has 0 spiro atoms. The van der Waals surface area contributed by atoms with Crippen molar-refractivity contribution in [1.82, 2.24) is 10.2 Å². The zero-order chi connectivity index (χ0) is 15.3. The van der Waals surface area contributed by atoms with E-state index in [0.29, 0.717) is 6.61 Å². The summed E-state index contributed by atoms with van der Waals surface area (Å²) in [5, 5.41) is 2.79. The van der Waals surface area contributed by atoms with Crippen molar-refractivity contribution in [3.63, 3.8) is 0 Å². The fourth-order valence-corrected chi connectivity index (χ4v) is 3.32. The van der Waals surface area contributed by atoms with E-state index in [9.17, 15) is 9.59 Å². The van der Waals surface area contributed by atoms with Crippen LogP contribution in [-0.2, 0) is 14.3 Å². The fraction of sp³-hybridized carbons (Fsp3) is 0.867. The van der Waals surface area contributed by atoms with Gasteiger partial charge in [-0.3, -0.25) is 9.59 Å². The first-order valence-electron chi connectivity index (χ1n) is 7.39. The Morgan fingerprint density at radius 2 is 1.90 bits per heavy atom. The van der Waals surface area contributed by atoms with Gasteiger partial charge in [-0.1, -0.05) is 13.8 Å². The molecule has 0 aromatic carbocycles. The fourth-order valence-electron chi connectivity index (χ4n) is 3.32. The molecule has 1 saturated carbocycles. The Labute approximate surface area is 121 Å². The van der Waals surface area contributed by atoms with Crippen molar-refractivity contribution < 1.29 is 14.3 Å². The number of amides is 2. The number of nitrogens with zero attached hydrogens (tertiary/aromatic N) is 1. The van der Waals surface area contributed by atoms with Crippen molar-refractivity contribution in [2.75, 3.05) is 6.61 Å².